The van der Waals surface area contributed by atoms with Crippen molar-refractivity contribution in [3.8, 4) is 0 Å². The van der Waals surface area contributed by atoms with Crippen molar-refractivity contribution in [3.05, 3.63) is 23.9 Å². The number of hydrogen-bond donors (Lipinski definition) is 2. The Hall–Kier alpha value is -1.58. The highest BCUT2D eigenvalue weighted by Gasteiger charge is 2.21. The minimum Gasteiger partial charge on any atom is -0.369 e. The summed E-state index contributed by atoms with van der Waals surface area (Å²) in [6.07, 6.45) is 2.70. The Bertz CT molecular complexity index is 438. The largest absolute Gasteiger partial charge is 0.369 e. The number of aromatic nitrogens is 1. The van der Waals surface area contributed by atoms with Crippen LogP contribution in [0.2, 0.25) is 0 Å². The Labute approximate surface area is 122 Å². The van der Waals surface area contributed by atoms with E-state index in [1.54, 1.807) is 12.3 Å². The lowest BCUT2D eigenvalue weighted by Crippen LogP contribution is -2.34. The van der Waals surface area contributed by atoms with Gasteiger partial charge in [-0.05, 0) is 29.9 Å². The number of anilines is 1. The lowest BCUT2D eigenvalue weighted by atomic mass is 9.82. The number of pyridine rings is 1. The molecule has 0 fully saturated rings. The first kappa shape index (κ1) is 16.5. The number of rotatable bonds is 6. The first-order chi connectivity index (χ1) is 9.36. The van der Waals surface area contributed by atoms with Crippen LogP contribution in [0.1, 0.15) is 51.4 Å². The number of carbonyl (C=O) groups is 1. The van der Waals surface area contributed by atoms with Gasteiger partial charge in [-0.3, -0.25) is 4.79 Å². The third-order valence-electron chi connectivity index (χ3n) is 3.64. The number of carbonyl (C=O) groups excluding carboxylic acids is 1. The first-order valence-corrected chi connectivity index (χ1v) is 7.33. The third kappa shape index (κ3) is 4.83. The van der Waals surface area contributed by atoms with E-state index in [2.05, 4.69) is 50.2 Å². The van der Waals surface area contributed by atoms with Gasteiger partial charge in [0.25, 0.3) is 5.91 Å². The molecular formula is C16H27N3O. The van der Waals surface area contributed by atoms with Crippen LogP contribution in [-0.2, 0) is 0 Å². The highest BCUT2D eigenvalue weighted by molar-refractivity contribution is 5.98. The second kappa shape index (κ2) is 7.27. The first-order valence-electron chi connectivity index (χ1n) is 7.33. The molecule has 0 saturated heterocycles. The zero-order valence-electron chi connectivity index (χ0n) is 13.3. The topological polar surface area (TPSA) is 54.0 Å². The highest BCUT2D eigenvalue weighted by Crippen LogP contribution is 2.24. The summed E-state index contributed by atoms with van der Waals surface area (Å²) in [5.41, 5.74) is 0.799. The van der Waals surface area contributed by atoms with Gasteiger partial charge in [0.1, 0.15) is 5.82 Å². The van der Waals surface area contributed by atoms with E-state index in [4.69, 9.17) is 0 Å². The minimum atomic E-state index is -0.0622. The van der Waals surface area contributed by atoms with Crippen molar-refractivity contribution in [2.75, 3.05) is 18.4 Å². The van der Waals surface area contributed by atoms with Gasteiger partial charge in [0, 0.05) is 19.3 Å². The molecule has 0 spiro atoms. The minimum absolute atomic E-state index is 0.0622. The van der Waals surface area contributed by atoms with Crippen molar-refractivity contribution >= 4 is 11.7 Å². The van der Waals surface area contributed by atoms with Gasteiger partial charge in [0.15, 0.2) is 0 Å². The monoisotopic (exact) mass is 277 g/mol. The smallest absolute Gasteiger partial charge is 0.255 e. The molecule has 0 aromatic carbocycles. The van der Waals surface area contributed by atoms with E-state index in [0.717, 1.165) is 13.0 Å². The van der Waals surface area contributed by atoms with Crippen LogP contribution in [0.5, 0.6) is 0 Å². The van der Waals surface area contributed by atoms with E-state index in [1.807, 2.05) is 6.07 Å². The van der Waals surface area contributed by atoms with Gasteiger partial charge in [0.05, 0.1) is 5.56 Å². The molecule has 1 atom stereocenters. The molecule has 4 nitrogen and oxygen atoms in total. The summed E-state index contributed by atoms with van der Waals surface area (Å²) in [4.78, 5) is 16.5. The predicted molar refractivity (Wildman–Crippen MR) is 84.0 cm³/mol. The van der Waals surface area contributed by atoms with Crippen molar-refractivity contribution in [2.45, 2.75) is 41.0 Å². The maximum absolute atomic E-state index is 12.3. The molecule has 0 saturated carbocycles. The number of hydrogen-bond acceptors (Lipinski definition) is 3. The van der Waals surface area contributed by atoms with E-state index in [0.29, 0.717) is 23.8 Å². The van der Waals surface area contributed by atoms with Crippen LogP contribution in [0.15, 0.2) is 18.3 Å². The molecule has 1 heterocycles. The van der Waals surface area contributed by atoms with Gasteiger partial charge in [-0.15, -0.1) is 0 Å². The zero-order valence-corrected chi connectivity index (χ0v) is 13.3. The molecule has 0 aliphatic heterocycles. The average molecular weight is 277 g/mol. The van der Waals surface area contributed by atoms with Crippen LogP contribution in [0.4, 0.5) is 5.82 Å². The standard InChI is InChI=1S/C16H27N3O/c1-6-9-17-14-13(8-7-10-18-14)15(20)19-11-12(2)16(3,4)5/h7-8,10,12H,6,9,11H2,1-5H3,(H,17,18)(H,19,20). The number of nitrogens with zero attached hydrogens (tertiary/aromatic N) is 1. The molecule has 1 aromatic heterocycles. The van der Waals surface area contributed by atoms with Gasteiger partial charge in [-0.1, -0.05) is 34.6 Å². The summed E-state index contributed by atoms with van der Waals surface area (Å²) >= 11 is 0. The highest BCUT2D eigenvalue weighted by atomic mass is 16.1. The van der Waals surface area contributed by atoms with E-state index >= 15 is 0 Å². The molecule has 1 aromatic rings. The van der Waals surface area contributed by atoms with E-state index in [-0.39, 0.29) is 11.3 Å². The van der Waals surface area contributed by atoms with Crippen LogP contribution in [0.25, 0.3) is 0 Å². The van der Waals surface area contributed by atoms with Crippen LogP contribution in [0, 0.1) is 11.3 Å². The average Bonchev–Trinajstić information content (AvgIpc) is 2.41. The lowest BCUT2D eigenvalue weighted by Gasteiger charge is -2.27. The Morgan fingerprint density at radius 3 is 2.70 bits per heavy atom. The van der Waals surface area contributed by atoms with Crippen LogP contribution in [0.3, 0.4) is 0 Å². The quantitative estimate of drug-likeness (QED) is 0.838. The Morgan fingerprint density at radius 2 is 2.10 bits per heavy atom. The van der Waals surface area contributed by atoms with Gasteiger partial charge in [-0.25, -0.2) is 4.98 Å². The number of nitrogens with one attached hydrogen (secondary N) is 2. The molecule has 20 heavy (non-hydrogen) atoms. The molecule has 0 aliphatic carbocycles. The van der Waals surface area contributed by atoms with Crippen LogP contribution >= 0.6 is 0 Å². The molecule has 0 aliphatic rings. The van der Waals surface area contributed by atoms with Crippen molar-refractivity contribution in [3.63, 3.8) is 0 Å². The summed E-state index contributed by atoms with van der Waals surface area (Å²) in [6.45, 7) is 12.3. The van der Waals surface area contributed by atoms with E-state index in [1.165, 1.54) is 0 Å². The van der Waals surface area contributed by atoms with Gasteiger partial charge in [-0.2, -0.15) is 0 Å². The SMILES string of the molecule is CCCNc1ncccc1C(=O)NCC(C)C(C)(C)C. The molecule has 0 radical (unpaired) electrons. The molecule has 0 bridgehead atoms. The number of amides is 1. The molecular weight excluding hydrogens is 250 g/mol. The second-order valence-electron chi connectivity index (χ2n) is 6.30. The molecule has 4 heteroatoms. The van der Waals surface area contributed by atoms with Crippen molar-refractivity contribution in [1.82, 2.24) is 10.3 Å². The fourth-order valence-electron chi connectivity index (χ4n) is 1.62. The summed E-state index contributed by atoms with van der Waals surface area (Å²) in [6, 6.07) is 3.60. The van der Waals surface area contributed by atoms with Gasteiger partial charge in [0.2, 0.25) is 0 Å². The summed E-state index contributed by atoms with van der Waals surface area (Å²) < 4.78 is 0. The maximum Gasteiger partial charge on any atom is 0.255 e. The molecule has 1 amide bonds. The van der Waals surface area contributed by atoms with Crippen LogP contribution in [-0.4, -0.2) is 24.0 Å². The van der Waals surface area contributed by atoms with E-state index in [9.17, 15) is 4.79 Å². The fourth-order valence-corrected chi connectivity index (χ4v) is 1.62. The van der Waals surface area contributed by atoms with Crippen molar-refractivity contribution < 1.29 is 4.79 Å². The Balaban J connectivity index is 2.68. The van der Waals surface area contributed by atoms with Crippen molar-refractivity contribution in [2.24, 2.45) is 11.3 Å². The predicted octanol–water partition coefficient (Wildman–Crippen LogP) is 3.32. The van der Waals surface area contributed by atoms with Crippen LogP contribution < -0.4 is 10.6 Å². The Kier molecular flexibility index (Phi) is 5.99. The van der Waals surface area contributed by atoms with Gasteiger partial charge < -0.3 is 10.6 Å². The normalized spacial score (nSPS) is 12.8. The third-order valence-corrected chi connectivity index (χ3v) is 3.64. The molecule has 112 valence electrons. The lowest BCUT2D eigenvalue weighted by molar-refractivity contribution is 0.0937. The molecule has 2 N–H and O–H groups in total. The molecule has 1 rings (SSSR count). The maximum atomic E-state index is 12.3. The second-order valence-corrected chi connectivity index (χ2v) is 6.30. The summed E-state index contributed by atoms with van der Waals surface area (Å²) in [7, 11) is 0. The fraction of sp³-hybridized carbons (Fsp3) is 0.625. The van der Waals surface area contributed by atoms with Gasteiger partial charge >= 0.3 is 0 Å². The zero-order chi connectivity index (χ0) is 15.2. The van der Waals surface area contributed by atoms with E-state index < -0.39 is 0 Å². The summed E-state index contributed by atoms with van der Waals surface area (Å²) in [5.74, 6) is 1.01. The van der Waals surface area contributed by atoms with Crippen molar-refractivity contribution in [1.29, 1.82) is 0 Å². The molecule has 1 unspecified atom stereocenters. The Morgan fingerprint density at radius 1 is 1.40 bits per heavy atom. The summed E-state index contributed by atoms with van der Waals surface area (Å²) in [5, 5.41) is 6.19.